The number of nitrogens with two attached hydrogens (primary N) is 1. The van der Waals surface area contributed by atoms with Gasteiger partial charge in [-0.3, -0.25) is 9.78 Å². The van der Waals surface area contributed by atoms with E-state index in [1.165, 1.54) is 0 Å². The molecule has 1 heterocycles. The van der Waals surface area contributed by atoms with Gasteiger partial charge in [0.1, 0.15) is 0 Å². The number of hydrogen-bond donors (Lipinski definition) is 2. The maximum absolute atomic E-state index is 12.0. The lowest BCUT2D eigenvalue weighted by atomic mass is 10.2. The molecule has 0 aliphatic heterocycles. The Balaban J connectivity index is 2.35. The van der Waals surface area contributed by atoms with Gasteiger partial charge >= 0.3 is 0 Å². The molecule has 6 nitrogen and oxygen atoms in total. The van der Waals surface area contributed by atoms with Gasteiger partial charge in [0, 0.05) is 25.8 Å². The average Bonchev–Trinajstić information content (AvgIpc) is 2.36. The zero-order valence-corrected chi connectivity index (χ0v) is 11.5. The zero-order chi connectivity index (χ0) is 14.0. The molecule has 6 heteroatoms. The average molecular weight is 261 g/mol. The molecule has 0 radical (unpaired) electrons. The monoisotopic (exact) mass is 261 g/mol. The van der Waals surface area contributed by atoms with Gasteiger partial charge in [0.2, 0.25) is 5.95 Å². The van der Waals surface area contributed by atoms with E-state index in [9.17, 15) is 4.79 Å². The number of aromatic nitrogens is 2. The van der Waals surface area contributed by atoms with E-state index < -0.39 is 0 Å². The molecule has 1 aromatic carbocycles. The van der Waals surface area contributed by atoms with Crippen molar-refractivity contribution in [3.63, 3.8) is 0 Å². The fraction of sp³-hybridized carbons (Fsp3) is 0.385. The Labute approximate surface area is 111 Å². The van der Waals surface area contributed by atoms with Crippen molar-refractivity contribution in [1.82, 2.24) is 14.9 Å². The van der Waals surface area contributed by atoms with Gasteiger partial charge in [0.25, 0.3) is 5.56 Å². The molecule has 19 heavy (non-hydrogen) atoms. The van der Waals surface area contributed by atoms with Crippen LogP contribution in [0.1, 0.15) is 0 Å². The Kier molecular flexibility index (Phi) is 3.71. The number of H-pyrrole nitrogens is 1. The van der Waals surface area contributed by atoms with Crippen molar-refractivity contribution >= 4 is 22.5 Å². The van der Waals surface area contributed by atoms with Crippen molar-refractivity contribution in [2.75, 3.05) is 44.9 Å². The van der Waals surface area contributed by atoms with E-state index in [1.54, 1.807) is 18.2 Å². The minimum absolute atomic E-state index is 0.163. The predicted octanol–water partition coefficient (Wildman–Crippen LogP) is 0.503. The lowest BCUT2D eigenvalue weighted by Crippen LogP contribution is -2.30. The van der Waals surface area contributed by atoms with Crippen LogP contribution < -0.4 is 16.2 Å². The smallest absolute Gasteiger partial charge is 0.260 e. The van der Waals surface area contributed by atoms with Crippen LogP contribution in [0.5, 0.6) is 0 Å². The van der Waals surface area contributed by atoms with Crippen LogP contribution in [0.2, 0.25) is 0 Å². The van der Waals surface area contributed by atoms with Gasteiger partial charge in [-0.1, -0.05) is 0 Å². The lowest BCUT2D eigenvalue weighted by molar-refractivity contribution is 0.415. The number of nitrogens with one attached hydrogen (secondary N) is 1. The Morgan fingerprint density at radius 3 is 2.68 bits per heavy atom. The van der Waals surface area contributed by atoms with Crippen molar-refractivity contribution in [2.24, 2.45) is 0 Å². The number of aromatic amines is 1. The minimum atomic E-state index is -0.163. The summed E-state index contributed by atoms with van der Waals surface area (Å²) >= 11 is 0. The van der Waals surface area contributed by atoms with Gasteiger partial charge in [0.15, 0.2) is 0 Å². The summed E-state index contributed by atoms with van der Waals surface area (Å²) in [5.74, 6) is 0.573. The van der Waals surface area contributed by atoms with Crippen molar-refractivity contribution in [2.45, 2.75) is 0 Å². The summed E-state index contributed by atoms with van der Waals surface area (Å²) in [7, 11) is 5.92. The van der Waals surface area contributed by atoms with Crippen LogP contribution in [-0.4, -0.2) is 49.1 Å². The molecule has 0 unspecified atom stereocenters. The van der Waals surface area contributed by atoms with Gasteiger partial charge in [-0.05, 0) is 32.3 Å². The van der Waals surface area contributed by atoms with Gasteiger partial charge < -0.3 is 15.5 Å². The van der Waals surface area contributed by atoms with Crippen molar-refractivity contribution in [1.29, 1.82) is 0 Å². The molecular formula is C13H19N5O. The topological polar surface area (TPSA) is 78.2 Å². The van der Waals surface area contributed by atoms with Crippen molar-refractivity contribution < 1.29 is 0 Å². The second-order valence-electron chi connectivity index (χ2n) is 4.89. The van der Waals surface area contributed by atoms with Crippen LogP contribution in [0.3, 0.4) is 0 Å². The minimum Gasteiger partial charge on any atom is -0.399 e. The Morgan fingerprint density at radius 2 is 2.00 bits per heavy atom. The van der Waals surface area contributed by atoms with E-state index in [4.69, 9.17) is 5.73 Å². The number of hydrogen-bond acceptors (Lipinski definition) is 5. The van der Waals surface area contributed by atoms with Gasteiger partial charge in [-0.2, -0.15) is 0 Å². The predicted molar refractivity (Wildman–Crippen MR) is 78.6 cm³/mol. The molecule has 0 amide bonds. The third-order valence-electron chi connectivity index (χ3n) is 2.96. The van der Waals surface area contributed by atoms with Crippen LogP contribution in [-0.2, 0) is 0 Å². The largest absolute Gasteiger partial charge is 0.399 e. The first kappa shape index (κ1) is 13.4. The highest BCUT2D eigenvalue weighted by molar-refractivity contribution is 5.81. The molecule has 0 saturated carbocycles. The highest BCUT2D eigenvalue weighted by Gasteiger charge is 2.08. The van der Waals surface area contributed by atoms with Crippen LogP contribution in [0.4, 0.5) is 11.6 Å². The van der Waals surface area contributed by atoms with E-state index in [0.717, 1.165) is 13.1 Å². The summed E-state index contributed by atoms with van der Waals surface area (Å²) in [6.07, 6.45) is 0. The van der Waals surface area contributed by atoms with Crippen LogP contribution >= 0.6 is 0 Å². The number of anilines is 2. The highest BCUT2D eigenvalue weighted by atomic mass is 16.1. The number of likely N-dealkylation sites (N-methyl/N-ethyl adjacent to an activating group) is 2. The maximum Gasteiger partial charge on any atom is 0.260 e. The summed E-state index contributed by atoms with van der Waals surface area (Å²) in [5.41, 5.74) is 6.73. The highest BCUT2D eigenvalue weighted by Crippen LogP contribution is 2.14. The Morgan fingerprint density at radius 1 is 1.26 bits per heavy atom. The Bertz CT molecular complexity index is 634. The van der Waals surface area contributed by atoms with Crippen LogP contribution in [0.15, 0.2) is 23.0 Å². The quantitative estimate of drug-likeness (QED) is 0.784. The molecule has 0 spiro atoms. The van der Waals surface area contributed by atoms with Crippen molar-refractivity contribution in [3.05, 3.63) is 28.6 Å². The third-order valence-corrected chi connectivity index (χ3v) is 2.96. The summed E-state index contributed by atoms with van der Waals surface area (Å²) in [5, 5.41) is 0.518. The SMILES string of the molecule is CN(C)CCN(C)c1nc2ccc(N)cc2c(=O)[nH]1. The van der Waals surface area contributed by atoms with Gasteiger partial charge in [-0.25, -0.2) is 4.98 Å². The molecule has 2 aromatic rings. The number of nitrogen functional groups attached to an aromatic ring is 1. The Hall–Kier alpha value is -2.08. The molecule has 0 atom stereocenters. The van der Waals surface area contributed by atoms with Crippen LogP contribution in [0.25, 0.3) is 10.9 Å². The van der Waals surface area contributed by atoms with E-state index in [0.29, 0.717) is 22.5 Å². The van der Waals surface area contributed by atoms with Gasteiger partial charge in [0.05, 0.1) is 10.9 Å². The second-order valence-corrected chi connectivity index (χ2v) is 4.89. The first-order chi connectivity index (χ1) is 8.97. The molecule has 2 rings (SSSR count). The molecule has 0 saturated heterocycles. The molecule has 0 aliphatic rings. The zero-order valence-electron chi connectivity index (χ0n) is 11.5. The van der Waals surface area contributed by atoms with Crippen molar-refractivity contribution in [3.8, 4) is 0 Å². The van der Waals surface area contributed by atoms with Gasteiger partial charge in [-0.15, -0.1) is 0 Å². The summed E-state index contributed by atoms with van der Waals surface area (Å²) in [4.78, 5) is 23.3. The summed E-state index contributed by atoms with van der Waals surface area (Å²) in [6, 6.07) is 5.16. The summed E-state index contributed by atoms with van der Waals surface area (Å²) in [6.45, 7) is 1.68. The molecule has 3 N–H and O–H groups in total. The third kappa shape index (κ3) is 3.03. The molecular weight excluding hydrogens is 242 g/mol. The number of nitrogens with zero attached hydrogens (tertiary/aromatic N) is 3. The fourth-order valence-corrected chi connectivity index (χ4v) is 1.78. The number of benzene rings is 1. The molecule has 0 aliphatic carbocycles. The lowest BCUT2D eigenvalue weighted by Gasteiger charge is -2.20. The van der Waals surface area contributed by atoms with E-state index >= 15 is 0 Å². The summed E-state index contributed by atoms with van der Waals surface area (Å²) < 4.78 is 0. The molecule has 1 aromatic heterocycles. The molecule has 102 valence electrons. The number of fused-ring (bicyclic) bond motifs is 1. The fourth-order valence-electron chi connectivity index (χ4n) is 1.78. The second kappa shape index (κ2) is 5.27. The first-order valence-corrected chi connectivity index (χ1v) is 6.13. The van der Waals surface area contributed by atoms with E-state index in [2.05, 4.69) is 14.9 Å². The molecule has 0 fully saturated rings. The number of rotatable bonds is 4. The maximum atomic E-state index is 12.0. The van der Waals surface area contributed by atoms with Crippen LogP contribution in [0, 0.1) is 0 Å². The molecule has 0 bridgehead atoms. The first-order valence-electron chi connectivity index (χ1n) is 6.13. The standard InChI is InChI=1S/C13H19N5O/c1-17(2)6-7-18(3)13-15-11-5-4-9(14)8-10(11)12(19)16-13/h4-5,8H,6-7,14H2,1-3H3,(H,15,16,19). The van der Waals surface area contributed by atoms with E-state index in [1.807, 2.05) is 26.0 Å². The normalized spacial score (nSPS) is 11.2. The van der Waals surface area contributed by atoms with E-state index in [-0.39, 0.29) is 5.56 Å².